The van der Waals surface area contributed by atoms with Crippen molar-refractivity contribution in [1.82, 2.24) is 10.2 Å². The molecule has 0 heterocycles. The van der Waals surface area contributed by atoms with Gasteiger partial charge in [0.25, 0.3) is 0 Å². The summed E-state index contributed by atoms with van der Waals surface area (Å²) in [5, 5.41) is 2.70. The lowest BCUT2D eigenvalue weighted by molar-refractivity contribution is -0.140. The van der Waals surface area contributed by atoms with Crippen molar-refractivity contribution in [1.29, 1.82) is 0 Å². The van der Waals surface area contributed by atoms with Crippen LogP contribution in [0.1, 0.15) is 31.4 Å². The lowest BCUT2D eigenvalue weighted by Gasteiger charge is -2.34. The van der Waals surface area contributed by atoms with E-state index < -0.39 is 34.3 Å². The van der Waals surface area contributed by atoms with Gasteiger partial charge in [0.2, 0.25) is 21.8 Å². The molecular weight excluding hydrogens is 621 g/mol. The van der Waals surface area contributed by atoms with Crippen LogP contribution in [-0.2, 0) is 32.6 Å². The van der Waals surface area contributed by atoms with E-state index in [0.717, 1.165) is 38.3 Å². The van der Waals surface area contributed by atoms with Crippen LogP contribution in [0.15, 0.2) is 77.3 Å². The fourth-order valence-corrected chi connectivity index (χ4v) is 5.54. The number of rotatable bonds is 12. The maximum absolute atomic E-state index is 14.0. The zero-order valence-corrected chi connectivity index (χ0v) is 25.6. The normalized spacial score (nSPS) is 12.8. The molecule has 2 atom stereocenters. The third-order valence-electron chi connectivity index (χ3n) is 6.38. The smallest absolute Gasteiger partial charge is 0.244 e. The number of amides is 2. The first-order chi connectivity index (χ1) is 18.9. The molecule has 0 saturated heterocycles. The van der Waals surface area contributed by atoms with E-state index in [0.29, 0.717) is 6.42 Å². The summed E-state index contributed by atoms with van der Waals surface area (Å²) in [6.07, 6.45) is 1.86. The molecule has 0 spiro atoms. The molecule has 0 saturated carbocycles. The van der Waals surface area contributed by atoms with Crippen LogP contribution >= 0.6 is 27.5 Å². The maximum atomic E-state index is 14.0. The van der Waals surface area contributed by atoms with Gasteiger partial charge < -0.3 is 10.2 Å². The number of hydrogen-bond acceptors (Lipinski definition) is 4. The highest BCUT2D eigenvalue weighted by Crippen LogP contribution is 2.25. The van der Waals surface area contributed by atoms with Crippen molar-refractivity contribution in [2.45, 2.75) is 45.3 Å². The fourth-order valence-electron chi connectivity index (χ4n) is 4.08. The lowest BCUT2D eigenvalue weighted by Crippen LogP contribution is -2.54. The quantitative estimate of drug-likeness (QED) is 0.278. The number of carbonyl (C=O) groups excluding carboxylic acids is 2. The van der Waals surface area contributed by atoms with Gasteiger partial charge in [0.15, 0.2) is 0 Å². The van der Waals surface area contributed by atoms with Gasteiger partial charge in [0, 0.05) is 23.5 Å². The van der Waals surface area contributed by atoms with Crippen LogP contribution in [0.5, 0.6) is 0 Å². The number of nitrogens with zero attached hydrogens (tertiary/aromatic N) is 2. The summed E-state index contributed by atoms with van der Waals surface area (Å²) in [6.45, 7) is 3.25. The first-order valence-corrected chi connectivity index (χ1v) is 15.7. The molecule has 0 aliphatic heterocycles. The highest BCUT2D eigenvalue weighted by atomic mass is 79.9. The summed E-state index contributed by atoms with van der Waals surface area (Å²) in [4.78, 5) is 29.1. The van der Waals surface area contributed by atoms with E-state index in [2.05, 4.69) is 21.2 Å². The van der Waals surface area contributed by atoms with E-state index in [1.54, 1.807) is 0 Å². The average Bonchev–Trinajstić information content (AvgIpc) is 2.90. The Hall–Kier alpha value is -2.95. The molecule has 7 nitrogen and oxygen atoms in total. The molecule has 0 aliphatic rings. The molecule has 0 radical (unpaired) electrons. The largest absolute Gasteiger partial charge is 0.352 e. The van der Waals surface area contributed by atoms with E-state index in [1.165, 1.54) is 11.0 Å². The van der Waals surface area contributed by atoms with Crippen molar-refractivity contribution >= 4 is 55.1 Å². The minimum atomic E-state index is -3.99. The van der Waals surface area contributed by atoms with Crippen LogP contribution in [0.3, 0.4) is 0 Å². The zero-order valence-electron chi connectivity index (χ0n) is 22.5. The monoisotopic (exact) mass is 651 g/mol. The van der Waals surface area contributed by atoms with Gasteiger partial charge in [-0.05, 0) is 54.8 Å². The molecule has 0 bridgehead atoms. The zero-order chi connectivity index (χ0) is 29.4. The first-order valence-electron chi connectivity index (χ1n) is 12.7. The van der Waals surface area contributed by atoms with Gasteiger partial charge in [0.05, 0.1) is 17.0 Å². The standard InChI is InChI=1S/C29H32BrClFN3O4S/c1-4-20(2)33-29(37)27(16-21-9-6-5-7-10-21)34(18-22-11-8-12-23(30)15-22)28(36)19-35(40(3,38)39)24-13-14-26(32)25(31)17-24/h5-15,17,20,27H,4,16,18-19H2,1-3H3,(H,33,37). The average molecular weight is 653 g/mol. The molecule has 1 N–H and O–H groups in total. The van der Waals surface area contributed by atoms with Crippen LogP contribution in [0.4, 0.5) is 10.1 Å². The van der Waals surface area contributed by atoms with Crippen LogP contribution in [-0.4, -0.2) is 50.0 Å². The van der Waals surface area contributed by atoms with Gasteiger partial charge in [-0.15, -0.1) is 0 Å². The van der Waals surface area contributed by atoms with Crippen LogP contribution in [0.2, 0.25) is 5.02 Å². The van der Waals surface area contributed by atoms with Crippen molar-refractivity contribution in [3.05, 3.63) is 99.2 Å². The molecule has 3 rings (SSSR count). The molecule has 214 valence electrons. The van der Waals surface area contributed by atoms with Gasteiger partial charge in [-0.25, -0.2) is 12.8 Å². The Labute approximate surface area is 248 Å². The highest BCUT2D eigenvalue weighted by Gasteiger charge is 2.33. The minimum Gasteiger partial charge on any atom is -0.352 e. The Morgan fingerprint density at radius 3 is 2.30 bits per heavy atom. The third kappa shape index (κ3) is 8.78. The van der Waals surface area contributed by atoms with Gasteiger partial charge in [-0.1, -0.05) is 76.9 Å². The maximum Gasteiger partial charge on any atom is 0.244 e. The van der Waals surface area contributed by atoms with Crippen molar-refractivity contribution in [2.24, 2.45) is 0 Å². The lowest BCUT2D eigenvalue weighted by atomic mass is 10.0. The Morgan fingerprint density at radius 1 is 1.02 bits per heavy atom. The Balaban J connectivity index is 2.07. The van der Waals surface area contributed by atoms with Crippen LogP contribution < -0.4 is 9.62 Å². The van der Waals surface area contributed by atoms with Crippen molar-refractivity contribution in [3.63, 3.8) is 0 Å². The summed E-state index contributed by atoms with van der Waals surface area (Å²) in [7, 11) is -3.99. The van der Waals surface area contributed by atoms with E-state index in [-0.39, 0.29) is 35.6 Å². The summed E-state index contributed by atoms with van der Waals surface area (Å²) in [5.41, 5.74) is 1.62. The highest BCUT2D eigenvalue weighted by molar-refractivity contribution is 9.10. The molecule has 11 heteroatoms. The van der Waals surface area contributed by atoms with E-state index in [4.69, 9.17) is 11.6 Å². The minimum absolute atomic E-state index is 0.0355. The van der Waals surface area contributed by atoms with Gasteiger partial charge in [-0.3, -0.25) is 13.9 Å². The Bertz CT molecular complexity index is 1440. The number of halogens is 3. The van der Waals surface area contributed by atoms with Gasteiger partial charge in [-0.2, -0.15) is 0 Å². The topological polar surface area (TPSA) is 86.8 Å². The Morgan fingerprint density at radius 2 is 1.70 bits per heavy atom. The second-order valence-electron chi connectivity index (χ2n) is 9.54. The number of benzene rings is 3. The van der Waals surface area contributed by atoms with Crippen molar-refractivity contribution in [3.8, 4) is 0 Å². The van der Waals surface area contributed by atoms with Crippen LogP contribution in [0, 0.1) is 5.82 Å². The van der Waals surface area contributed by atoms with E-state index in [9.17, 15) is 22.4 Å². The number of nitrogens with one attached hydrogen (secondary N) is 1. The molecule has 0 aliphatic carbocycles. The fraction of sp³-hybridized carbons (Fsp3) is 0.310. The summed E-state index contributed by atoms with van der Waals surface area (Å²) in [6, 6.07) is 19.0. The van der Waals surface area contributed by atoms with Crippen molar-refractivity contribution < 1.29 is 22.4 Å². The van der Waals surface area contributed by atoms with Gasteiger partial charge >= 0.3 is 0 Å². The van der Waals surface area contributed by atoms with Crippen molar-refractivity contribution in [2.75, 3.05) is 17.1 Å². The summed E-state index contributed by atoms with van der Waals surface area (Å²) >= 11 is 9.37. The molecule has 0 fully saturated rings. The predicted octanol–water partition coefficient (Wildman–Crippen LogP) is 5.56. The SMILES string of the molecule is CCC(C)NC(=O)C(Cc1ccccc1)N(Cc1cccc(Br)c1)C(=O)CN(c1ccc(F)c(Cl)c1)S(C)(=O)=O. The predicted molar refractivity (Wildman–Crippen MR) is 160 cm³/mol. The first kappa shape index (κ1) is 31.6. The third-order valence-corrected chi connectivity index (χ3v) is 8.31. The van der Waals surface area contributed by atoms with E-state index in [1.807, 2.05) is 68.4 Å². The Kier molecular flexibility index (Phi) is 11.1. The number of sulfonamides is 1. The van der Waals surface area contributed by atoms with Crippen LogP contribution in [0.25, 0.3) is 0 Å². The molecular formula is C29H32BrClFN3O4S. The number of anilines is 1. The number of carbonyl (C=O) groups is 2. The second kappa shape index (κ2) is 14.1. The molecule has 2 unspecified atom stereocenters. The number of hydrogen-bond donors (Lipinski definition) is 1. The second-order valence-corrected chi connectivity index (χ2v) is 12.8. The molecule has 40 heavy (non-hydrogen) atoms. The molecule has 3 aromatic carbocycles. The van der Waals surface area contributed by atoms with Gasteiger partial charge in [0.1, 0.15) is 18.4 Å². The summed E-state index contributed by atoms with van der Waals surface area (Å²) in [5.74, 6) is -1.67. The summed E-state index contributed by atoms with van der Waals surface area (Å²) < 4.78 is 41.1. The molecule has 3 aromatic rings. The molecule has 0 aromatic heterocycles. The van der Waals surface area contributed by atoms with E-state index >= 15 is 0 Å². The molecule has 2 amide bonds.